The van der Waals surface area contributed by atoms with Crippen molar-refractivity contribution in [2.45, 2.75) is 32.9 Å². The van der Waals surface area contributed by atoms with E-state index in [2.05, 4.69) is 10.0 Å². The summed E-state index contributed by atoms with van der Waals surface area (Å²) in [6.07, 6.45) is -0.257. The zero-order valence-electron chi connectivity index (χ0n) is 18.4. The first-order chi connectivity index (χ1) is 15.3. The fourth-order valence-electron chi connectivity index (χ4n) is 2.88. The fourth-order valence-corrected chi connectivity index (χ4v) is 3.44. The van der Waals surface area contributed by atoms with Crippen LogP contribution >= 0.6 is 0 Å². The summed E-state index contributed by atoms with van der Waals surface area (Å²) in [4.78, 5) is 37.6. The number of amides is 1. The van der Waals surface area contributed by atoms with Gasteiger partial charge >= 0.3 is 5.97 Å². The molecule has 2 rings (SSSR count). The highest BCUT2D eigenvalue weighted by atomic mass is 32.2. The van der Waals surface area contributed by atoms with Gasteiger partial charge in [-0.05, 0) is 49.2 Å². The molecule has 2 N–H and O–H groups in total. The van der Waals surface area contributed by atoms with Gasteiger partial charge < -0.3 is 10.1 Å². The Labute approximate surface area is 190 Å². The monoisotopic (exact) mass is 482 g/mol. The molecule has 0 heterocycles. The van der Waals surface area contributed by atoms with Gasteiger partial charge in [0.25, 0.3) is 5.91 Å². The molecule has 0 fully saturated rings. The minimum atomic E-state index is -3.48. The van der Waals surface area contributed by atoms with Gasteiger partial charge in [-0.25, -0.2) is 22.0 Å². The number of rotatable bonds is 9. The number of nitrogens with one attached hydrogen (secondary N) is 2. The highest BCUT2D eigenvalue weighted by Gasteiger charge is 2.31. The van der Waals surface area contributed by atoms with E-state index in [9.17, 15) is 31.6 Å². The van der Waals surface area contributed by atoms with Crippen LogP contribution < -0.4 is 10.0 Å². The number of carbonyl (C=O) groups is 3. The van der Waals surface area contributed by atoms with Crippen molar-refractivity contribution in [1.29, 1.82) is 0 Å². The Kier molecular flexibility index (Phi) is 8.26. The average molecular weight is 483 g/mol. The molecule has 0 spiro atoms. The summed E-state index contributed by atoms with van der Waals surface area (Å²) in [5.74, 6) is -5.33. The number of anilines is 1. The van der Waals surface area contributed by atoms with Crippen LogP contribution in [0.1, 0.15) is 41.5 Å². The summed E-state index contributed by atoms with van der Waals surface area (Å²) in [5, 5.41) is 2.26. The smallest absolute Gasteiger partial charge is 0.329 e. The molecule has 0 aromatic heterocycles. The molecule has 0 unspecified atom stereocenters. The largest absolute Gasteiger partial charge is 0.453 e. The fraction of sp³-hybridized carbons (Fsp3) is 0.318. The van der Waals surface area contributed by atoms with E-state index in [0.717, 1.165) is 24.5 Å². The van der Waals surface area contributed by atoms with Crippen LogP contribution in [0.25, 0.3) is 0 Å². The lowest BCUT2D eigenvalue weighted by Gasteiger charge is -2.23. The molecule has 2 aromatic carbocycles. The number of benzene rings is 2. The molecule has 0 aliphatic rings. The predicted molar refractivity (Wildman–Crippen MR) is 117 cm³/mol. The van der Waals surface area contributed by atoms with Gasteiger partial charge in [-0.3, -0.25) is 14.3 Å². The lowest BCUT2D eigenvalue weighted by molar-refractivity contribution is -0.149. The molecule has 178 valence electrons. The molecule has 0 aliphatic heterocycles. The van der Waals surface area contributed by atoms with E-state index in [1.807, 2.05) is 0 Å². The van der Waals surface area contributed by atoms with E-state index in [1.165, 1.54) is 31.2 Å². The highest BCUT2D eigenvalue weighted by molar-refractivity contribution is 7.92. The molecule has 0 saturated heterocycles. The molecule has 1 amide bonds. The van der Waals surface area contributed by atoms with E-state index >= 15 is 0 Å². The second kappa shape index (κ2) is 10.5. The Morgan fingerprint density at radius 1 is 0.939 bits per heavy atom. The summed E-state index contributed by atoms with van der Waals surface area (Å²) in [5.41, 5.74) is -0.419. The number of ketones is 1. The molecule has 0 bridgehead atoms. The van der Waals surface area contributed by atoms with Crippen molar-refractivity contribution in [3.63, 3.8) is 0 Å². The lowest BCUT2D eigenvalue weighted by atomic mass is 10.0. The summed E-state index contributed by atoms with van der Waals surface area (Å²) in [6, 6.07) is 7.15. The second-order valence-corrected chi connectivity index (χ2v) is 9.44. The third kappa shape index (κ3) is 7.07. The first-order valence-electron chi connectivity index (χ1n) is 9.87. The third-order valence-corrected chi connectivity index (χ3v) is 5.14. The molecule has 8 nitrogen and oxygen atoms in total. The molecule has 2 atom stereocenters. The SMILES string of the molecule is CC(C)[C@@H](NC(=O)c1c(F)cccc1F)C(=O)O[C@@H](C)C(=O)c1ccc(NS(C)(=O)=O)cc1. The zero-order chi connectivity index (χ0) is 24.9. The lowest BCUT2D eigenvalue weighted by Crippen LogP contribution is -2.47. The van der Waals surface area contributed by atoms with Gasteiger partial charge in [0.05, 0.1) is 6.26 Å². The van der Waals surface area contributed by atoms with Crippen molar-refractivity contribution in [3.05, 3.63) is 65.2 Å². The van der Waals surface area contributed by atoms with Crippen LogP contribution in [-0.4, -0.2) is 44.5 Å². The number of hydrogen-bond donors (Lipinski definition) is 2. The number of Topliss-reactive ketones (excluding diaryl/α,β-unsaturated/α-hetero) is 1. The van der Waals surface area contributed by atoms with Gasteiger partial charge in [-0.1, -0.05) is 19.9 Å². The van der Waals surface area contributed by atoms with Crippen LogP contribution in [0.4, 0.5) is 14.5 Å². The van der Waals surface area contributed by atoms with Crippen molar-refractivity contribution in [1.82, 2.24) is 5.32 Å². The second-order valence-electron chi connectivity index (χ2n) is 7.69. The van der Waals surface area contributed by atoms with E-state index in [1.54, 1.807) is 13.8 Å². The molecule has 2 aromatic rings. The Hall–Kier alpha value is -3.34. The summed E-state index contributed by atoms with van der Waals surface area (Å²) >= 11 is 0. The van der Waals surface area contributed by atoms with E-state index < -0.39 is 62.9 Å². The minimum Gasteiger partial charge on any atom is -0.453 e. The molecule has 33 heavy (non-hydrogen) atoms. The zero-order valence-corrected chi connectivity index (χ0v) is 19.2. The van der Waals surface area contributed by atoms with E-state index in [0.29, 0.717) is 0 Å². The summed E-state index contributed by atoms with van der Waals surface area (Å²) in [7, 11) is -3.48. The topological polar surface area (TPSA) is 119 Å². The van der Waals surface area contributed by atoms with Crippen molar-refractivity contribution >= 4 is 33.4 Å². The Bertz CT molecular complexity index is 1130. The van der Waals surface area contributed by atoms with Crippen LogP contribution in [0.2, 0.25) is 0 Å². The van der Waals surface area contributed by atoms with Crippen molar-refractivity contribution in [2.75, 3.05) is 11.0 Å². The van der Waals surface area contributed by atoms with Gasteiger partial charge in [0.1, 0.15) is 23.2 Å². The Morgan fingerprint density at radius 3 is 1.97 bits per heavy atom. The number of carbonyl (C=O) groups excluding carboxylic acids is 3. The standard InChI is InChI=1S/C22H24F2N2O6S/c1-12(2)19(25-21(28)18-16(23)6-5-7-17(18)24)22(29)32-13(3)20(27)14-8-10-15(11-9-14)26-33(4,30)31/h5-13,19,26H,1-4H3,(H,25,28)/t13-,19+/m0/s1. The van der Waals surface area contributed by atoms with Crippen LogP contribution in [0.3, 0.4) is 0 Å². The summed E-state index contributed by atoms with van der Waals surface area (Å²) in [6.45, 7) is 4.51. The minimum absolute atomic E-state index is 0.160. The number of halogens is 2. The normalized spacial score (nSPS) is 13.2. The Morgan fingerprint density at radius 2 is 1.48 bits per heavy atom. The van der Waals surface area contributed by atoms with E-state index in [-0.39, 0.29) is 11.3 Å². The number of hydrogen-bond acceptors (Lipinski definition) is 6. The number of sulfonamides is 1. The van der Waals surface area contributed by atoms with E-state index in [4.69, 9.17) is 4.74 Å². The Balaban J connectivity index is 2.10. The highest BCUT2D eigenvalue weighted by Crippen LogP contribution is 2.16. The quantitative estimate of drug-likeness (QED) is 0.419. The van der Waals surface area contributed by atoms with Crippen LogP contribution in [-0.2, 0) is 19.6 Å². The summed E-state index contributed by atoms with van der Waals surface area (Å²) < 4.78 is 57.7. The molecule has 0 saturated carbocycles. The van der Waals surface area contributed by atoms with Crippen LogP contribution in [0.15, 0.2) is 42.5 Å². The maximum Gasteiger partial charge on any atom is 0.329 e. The molecule has 0 aliphatic carbocycles. The number of ether oxygens (including phenoxy) is 1. The average Bonchev–Trinajstić information content (AvgIpc) is 2.70. The van der Waals surface area contributed by atoms with Gasteiger partial charge in [0.15, 0.2) is 6.10 Å². The molecular formula is C22H24F2N2O6S. The van der Waals surface area contributed by atoms with Crippen molar-refractivity contribution in [3.8, 4) is 0 Å². The van der Waals surface area contributed by atoms with Crippen molar-refractivity contribution in [2.24, 2.45) is 5.92 Å². The van der Waals surface area contributed by atoms with Gasteiger partial charge in [0.2, 0.25) is 15.8 Å². The predicted octanol–water partition coefficient (Wildman–Crippen LogP) is 2.91. The van der Waals surface area contributed by atoms with Crippen molar-refractivity contribution < 1.29 is 36.3 Å². The number of esters is 1. The first kappa shape index (κ1) is 25.9. The maximum absolute atomic E-state index is 13.9. The van der Waals surface area contributed by atoms with Gasteiger partial charge in [-0.15, -0.1) is 0 Å². The molecular weight excluding hydrogens is 458 g/mol. The molecule has 0 radical (unpaired) electrons. The van der Waals surface area contributed by atoms with Crippen LogP contribution in [0, 0.1) is 17.6 Å². The van der Waals surface area contributed by atoms with Crippen LogP contribution in [0.5, 0.6) is 0 Å². The van der Waals surface area contributed by atoms with Gasteiger partial charge in [0, 0.05) is 11.3 Å². The maximum atomic E-state index is 13.9. The first-order valence-corrected chi connectivity index (χ1v) is 11.8. The van der Waals surface area contributed by atoms with Gasteiger partial charge in [-0.2, -0.15) is 0 Å². The third-order valence-electron chi connectivity index (χ3n) is 4.53. The molecule has 11 heteroatoms.